The second kappa shape index (κ2) is 5.25. The number of ether oxygens (including phenoxy) is 1. The zero-order valence-corrected chi connectivity index (χ0v) is 9.32. The van der Waals surface area contributed by atoms with Gasteiger partial charge in [0.2, 0.25) is 4.38 Å². The van der Waals surface area contributed by atoms with E-state index in [0.29, 0.717) is 4.38 Å². The Morgan fingerprint density at radius 3 is 2.46 bits per heavy atom. The molecule has 0 amide bonds. The molecule has 3 heteroatoms. The third kappa shape index (κ3) is 4.29. The van der Waals surface area contributed by atoms with Crippen molar-refractivity contribution in [1.82, 2.24) is 0 Å². The van der Waals surface area contributed by atoms with Crippen LogP contribution in [0.2, 0.25) is 0 Å². The van der Waals surface area contributed by atoms with Gasteiger partial charge in [-0.05, 0) is 50.0 Å². The number of benzene rings is 1. The average Bonchev–Trinajstić information content (AvgIpc) is 2.04. The maximum atomic E-state index is 5.35. The third-order valence-electron chi connectivity index (χ3n) is 1.28. The van der Waals surface area contributed by atoms with Gasteiger partial charge in [0, 0.05) is 4.90 Å². The number of thioether (sulfide) groups is 1. The summed E-state index contributed by atoms with van der Waals surface area (Å²) in [5, 5.41) is 0. The van der Waals surface area contributed by atoms with Crippen molar-refractivity contribution in [2.45, 2.75) is 24.8 Å². The molecule has 1 rings (SSSR count). The molecule has 0 N–H and O–H groups in total. The molecule has 0 saturated heterocycles. The fraction of sp³-hybridized carbons (Fsp3) is 0.300. The van der Waals surface area contributed by atoms with Gasteiger partial charge < -0.3 is 4.74 Å². The van der Waals surface area contributed by atoms with Gasteiger partial charge in [0.25, 0.3) is 0 Å². The summed E-state index contributed by atoms with van der Waals surface area (Å²) in [4.78, 5) is 1.12. The van der Waals surface area contributed by atoms with E-state index in [1.807, 2.05) is 44.2 Å². The zero-order chi connectivity index (χ0) is 9.68. The van der Waals surface area contributed by atoms with Crippen molar-refractivity contribution in [3.8, 4) is 0 Å². The molecule has 70 valence electrons. The molecule has 0 aliphatic heterocycles. The number of hydrogen-bond acceptors (Lipinski definition) is 3. The Bertz CT molecular complexity index is 270. The first-order valence-corrected chi connectivity index (χ1v) is 5.34. The van der Waals surface area contributed by atoms with Crippen molar-refractivity contribution in [3.63, 3.8) is 0 Å². The number of thiocarbonyl (C=S) groups is 1. The lowest BCUT2D eigenvalue weighted by Crippen LogP contribution is -2.05. The largest absolute Gasteiger partial charge is 0.476 e. The zero-order valence-electron chi connectivity index (χ0n) is 7.69. The molecular formula is C10H12OS2. The van der Waals surface area contributed by atoms with E-state index in [2.05, 4.69) is 0 Å². The van der Waals surface area contributed by atoms with Gasteiger partial charge in [-0.25, -0.2) is 0 Å². The highest BCUT2D eigenvalue weighted by Gasteiger charge is 2.02. The summed E-state index contributed by atoms with van der Waals surface area (Å²) in [5.41, 5.74) is 0. The van der Waals surface area contributed by atoms with Crippen LogP contribution in [0.1, 0.15) is 13.8 Å². The Morgan fingerprint density at radius 1 is 1.31 bits per heavy atom. The average molecular weight is 212 g/mol. The van der Waals surface area contributed by atoms with Crippen LogP contribution >= 0.6 is 24.0 Å². The first-order chi connectivity index (χ1) is 6.18. The smallest absolute Gasteiger partial charge is 0.225 e. The van der Waals surface area contributed by atoms with Crippen LogP contribution in [0.15, 0.2) is 35.2 Å². The van der Waals surface area contributed by atoms with Crippen LogP contribution in [0.25, 0.3) is 0 Å². The molecule has 0 heterocycles. The SMILES string of the molecule is CC(C)OC(=S)Sc1ccccc1. The second-order valence-corrected chi connectivity index (χ2v) is 4.51. The van der Waals surface area contributed by atoms with Gasteiger partial charge in [-0.1, -0.05) is 18.2 Å². The molecule has 1 aromatic rings. The molecular weight excluding hydrogens is 200 g/mol. The third-order valence-corrected chi connectivity index (χ3v) is 2.39. The second-order valence-electron chi connectivity index (χ2n) is 2.83. The Kier molecular flexibility index (Phi) is 4.25. The normalized spacial score (nSPS) is 10.1. The van der Waals surface area contributed by atoms with E-state index in [9.17, 15) is 0 Å². The van der Waals surface area contributed by atoms with Crippen LogP contribution < -0.4 is 0 Å². The van der Waals surface area contributed by atoms with Gasteiger partial charge in [0.05, 0.1) is 6.10 Å². The molecule has 0 fully saturated rings. The molecule has 0 saturated carbocycles. The molecule has 13 heavy (non-hydrogen) atoms. The molecule has 0 aliphatic rings. The van der Waals surface area contributed by atoms with Gasteiger partial charge in [0.1, 0.15) is 0 Å². The van der Waals surface area contributed by atoms with Crippen LogP contribution in [-0.2, 0) is 4.74 Å². The summed E-state index contributed by atoms with van der Waals surface area (Å²) in [7, 11) is 0. The van der Waals surface area contributed by atoms with Gasteiger partial charge in [-0.3, -0.25) is 0 Å². The first kappa shape index (κ1) is 10.5. The Hall–Kier alpha value is -0.540. The minimum Gasteiger partial charge on any atom is -0.476 e. The summed E-state index contributed by atoms with van der Waals surface area (Å²) in [6, 6.07) is 9.98. The quantitative estimate of drug-likeness (QED) is 0.548. The van der Waals surface area contributed by atoms with Crippen molar-refractivity contribution < 1.29 is 4.74 Å². The first-order valence-electron chi connectivity index (χ1n) is 4.12. The van der Waals surface area contributed by atoms with E-state index in [1.165, 1.54) is 11.8 Å². The molecule has 0 aromatic heterocycles. The van der Waals surface area contributed by atoms with E-state index in [0.717, 1.165) is 4.90 Å². The minimum absolute atomic E-state index is 0.156. The van der Waals surface area contributed by atoms with Gasteiger partial charge in [0.15, 0.2) is 0 Å². The monoisotopic (exact) mass is 212 g/mol. The van der Waals surface area contributed by atoms with Crippen LogP contribution in [0.4, 0.5) is 0 Å². The molecule has 0 unspecified atom stereocenters. The molecule has 0 atom stereocenters. The summed E-state index contributed by atoms with van der Waals surface area (Å²) in [5.74, 6) is 0. The van der Waals surface area contributed by atoms with Crippen molar-refractivity contribution >= 4 is 28.4 Å². The van der Waals surface area contributed by atoms with Gasteiger partial charge in [-0.15, -0.1) is 0 Å². The minimum atomic E-state index is 0.156. The van der Waals surface area contributed by atoms with Crippen LogP contribution in [0.3, 0.4) is 0 Å². The van der Waals surface area contributed by atoms with Crippen molar-refractivity contribution in [3.05, 3.63) is 30.3 Å². The maximum Gasteiger partial charge on any atom is 0.225 e. The molecule has 0 aliphatic carbocycles. The number of rotatable bonds is 2. The molecule has 0 spiro atoms. The fourth-order valence-corrected chi connectivity index (χ4v) is 2.01. The van der Waals surface area contributed by atoms with Gasteiger partial charge >= 0.3 is 0 Å². The van der Waals surface area contributed by atoms with Crippen LogP contribution in [0.5, 0.6) is 0 Å². The standard InChI is InChI=1S/C10H12OS2/c1-8(2)11-10(12)13-9-6-4-3-5-7-9/h3-8H,1-2H3. The van der Waals surface area contributed by atoms with E-state index >= 15 is 0 Å². The topological polar surface area (TPSA) is 9.23 Å². The number of hydrogen-bond donors (Lipinski definition) is 0. The van der Waals surface area contributed by atoms with E-state index in [-0.39, 0.29) is 6.10 Å². The highest BCUT2D eigenvalue weighted by Crippen LogP contribution is 2.20. The summed E-state index contributed by atoms with van der Waals surface area (Å²) in [6.07, 6.45) is 0.156. The van der Waals surface area contributed by atoms with Crippen molar-refractivity contribution in [2.24, 2.45) is 0 Å². The van der Waals surface area contributed by atoms with E-state index < -0.39 is 0 Å². The Morgan fingerprint density at radius 2 is 1.92 bits per heavy atom. The summed E-state index contributed by atoms with van der Waals surface area (Å²) >= 11 is 6.53. The summed E-state index contributed by atoms with van der Waals surface area (Å²) < 4.78 is 5.93. The molecule has 0 radical (unpaired) electrons. The lowest BCUT2D eigenvalue weighted by atomic mass is 10.4. The Balaban J connectivity index is 2.46. The van der Waals surface area contributed by atoms with Crippen molar-refractivity contribution in [1.29, 1.82) is 0 Å². The maximum absolute atomic E-state index is 5.35. The predicted octanol–water partition coefficient (Wildman–Crippen LogP) is 3.49. The van der Waals surface area contributed by atoms with Gasteiger partial charge in [-0.2, -0.15) is 0 Å². The lowest BCUT2D eigenvalue weighted by Gasteiger charge is -2.09. The summed E-state index contributed by atoms with van der Waals surface area (Å²) in [6.45, 7) is 3.94. The van der Waals surface area contributed by atoms with Crippen LogP contribution in [0, 0.1) is 0 Å². The lowest BCUT2D eigenvalue weighted by molar-refractivity contribution is 0.243. The Labute approximate surface area is 88.5 Å². The molecule has 1 nitrogen and oxygen atoms in total. The fourth-order valence-electron chi connectivity index (χ4n) is 0.801. The van der Waals surface area contributed by atoms with Crippen molar-refractivity contribution in [2.75, 3.05) is 0 Å². The van der Waals surface area contributed by atoms with E-state index in [1.54, 1.807) is 0 Å². The molecule has 0 bridgehead atoms. The predicted molar refractivity (Wildman–Crippen MR) is 61.1 cm³/mol. The molecule has 1 aromatic carbocycles. The highest BCUT2D eigenvalue weighted by molar-refractivity contribution is 8.22. The highest BCUT2D eigenvalue weighted by atomic mass is 32.2. The van der Waals surface area contributed by atoms with E-state index in [4.69, 9.17) is 17.0 Å². The van der Waals surface area contributed by atoms with Crippen LogP contribution in [-0.4, -0.2) is 10.5 Å².